The number of ether oxygens (including phenoxy) is 2. The van der Waals surface area contributed by atoms with Gasteiger partial charge in [-0.15, -0.1) is 0 Å². The summed E-state index contributed by atoms with van der Waals surface area (Å²) < 4.78 is 10.1. The Morgan fingerprint density at radius 3 is 2.32 bits per heavy atom. The minimum Gasteiger partial charge on any atom is -0.481 e. The van der Waals surface area contributed by atoms with Gasteiger partial charge in [0.05, 0.1) is 24.8 Å². The number of pyridine rings is 1. The third-order valence-corrected chi connectivity index (χ3v) is 3.45. The van der Waals surface area contributed by atoms with Crippen molar-refractivity contribution in [3.8, 4) is 5.88 Å². The van der Waals surface area contributed by atoms with Crippen molar-refractivity contribution in [2.24, 2.45) is 0 Å². The second-order valence-electron chi connectivity index (χ2n) is 5.12. The predicted octanol–water partition coefficient (Wildman–Crippen LogP) is 1.36. The molecule has 0 bridgehead atoms. The number of imide groups is 1. The van der Waals surface area contributed by atoms with Crippen LogP contribution in [0.15, 0.2) is 42.6 Å². The summed E-state index contributed by atoms with van der Waals surface area (Å²) in [6, 6.07) is 9.65. The van der Waals surface area contributed by atoms with Crippen molar-refractivity contribution in [3.05, 3.63) is 59.3 Å². The number of fused-ring (bicyclic) bond motifs is 1. The fourth-order valence-electron chi connectivity index (χ4n) is 2.25. The number of carbonyl (C=O) groups excluding carboxylic acids is 3. The molecule has 0 saturated carbocycles. The van der Waals surface area contributed by atoms with Crippen LogP contribution in [0.25, 0.3) is 0 Å². The highest BCUT2D eigenvalue weighted by molar-refractivity contribution is 6.20. The Morgan fingerprint density at radius 2 is 1.76 bits per heavy atom. The number of carbonyl (C=O) groups is 3. The van der Waals surface area contributed by atoms with E-state index in [0.29, 0.717) is 10.9 Å². The number of hydrogen-bond acceptors (Lipinski definition) is 7. The third-order valence-electron chi connectivity index (χ3n) is 3.45. The van der Waals surface area contributed by atoms with Gasteiger partial charge >= 0.3 is 5.97 Å². The first kappa shape index (κ1) is 16.6. The van der Waals surface area contributed by atoms with Gasteiger partial charge in [-0.1, -0.05) is 17.2 Å². The van der Waals surface area contributed by atoms with E-state index in [-0.39, 0.29) is 17.7 Å². The second kappa shape index (κ2) is 7.10. The molecule has 0 radical (unpaired) electrons. The molecular weight excluding hydrogens is 328 g/mol. The fourth-order valence-corrected chi connectivity index (χ4v) is 2.25. The standard InChI is InChI=1S/C17H14N2O6/c1-23-14-7-6-11(8-18-14)9-24-10-15(20)25-19-16(21)12-4-2-3-5-13(12)17(19)22/h2-8H,9-10H2,1H3. The minimum absolute atomic E-state index is 0.119. The Labute approximate surface area is 142 Å². The summed E-state index contributed by atoms with van der Waals surface area (Å²) in [6.07, 6.45) is 1.55. The SMILES string of the molecule is COc1ccc(COCC(=O)ON2C(=O)c3ccccc3C2=O)cn1. The molecule has 0 unspecified atom stereocenters. The van der Waals surface area contributed by atoms with Crippen molar-refractivity contribution in [1.82, 2.24) is 10.0 Å². The minimum atomic E-state index is -0.851. The van der Waals surface area contributed by atoms with Gasteiger partial charge in [-0.05, 0) is 23.8 Å². The zero-order valence-electron chi connectivity index (χ0n) is 13.3. The van der Waals surface area contributed by atoms with Crippen LogP contribution in [0, 0.1) is 0 Å². The van der Waals surface area contributed by atoms with E-state index in [1.165, 1.54) is 19.2 Å². The van der Waals surface area contributed by atoms with Crippen LogP contribution in [0.4, 0.5) is 0 Å². The number of hydrogen-bond donors (Lipinski definition) is 0. The van der Waals surface area contributed by atoms with Gasteiger partial charge in [0.15, 0.2) is 0 Å². The van der Waals surface area contributed by atoms with E-state index in [4.69, 9.17) is 14.3 Å². The van der Waals surface area contributed by atoms with Gasteiger partial charge in [-0.2, -0.15) is 0 Å². The highest BCUT2D eigenvalue weighted by Crippen LogP contribution is 2.22. The van der Waals surface area contributed by atoms with Crippen molar-refractivity contribution in [2.75, 3.05) is 13.7 Å². The summed E-state index contributed by atoms with van der Waals surface area (Å²) in [5.74, 6) is -1.73. The smallest absolute Gasteiger partial charge is 0.358 e. The molecule has 0 spiro atoms. The van der Waals surface area contributed by atoms with Gasteiger partial charge in [0.25, 0.3) is 11.8 Å². The Bertz CT molecular complexity index is 783. The number of rotatable bonds is 6. The summed E-state index contributed by atoms with van der Waals surface area (Å²) in [5.41, 5.74) is 1.13. The fraction of sp³-hybridized carbons (Fsp3) is 0.176. The molecule has 2 heterocycles. The molecule has 2 aromatic rings. The van der Waals surface area contributed by atoms with Gasteiger partial charge in [-0.3, -0.25) is 9.59 Å². The molecule has 0 N–H and O–H groups in total. The number of hydroxylamine groups is 2. The molecule has 1 aromatic heterocycles. The van der Waals surface area contributed by atoms with Gasteiger partial charge in [-0.25, -0.2) is 9.78 Å². The van der Waals surface area contributed by atoms with Crippen LogP contribution in [0.5, 0.6) is 5.88 Å². The molecule has 3 rings (SSSR count). The van der Waals surface area contributed by atoms with Crippen molar-refractivity contribution in [1.29, 1.82) is 0 Å². The lowest BCUT2D eigenvalue weighted by atomic mass is 10.1. The maximum atomic E-state index is 12.1. The molecule has 1 aliphatic heterocycles. The molecule has 0 fully saturated rings. The molecule has 8 heteroatoms. The highest BCUT2D eigenvalue weighted by atomic mass is 16.7. The van der Waals surface area contributed by atoms with Crippen LogP contribution in [0.1, 0.15) is 26.3 Å². The number of nitrogens with zero attached hydrogens (tertiary/aromatic N) is 2. The molecule has 128 valence electrons. The molecule has 1 aromatic carbocycles. The first-order chi connectivity index (χ1) is 12.1. The lowest BCUT2D eigenvalue weighted by molar-refractivity contribution is -0.174. The van der Waals surface area contributed by atoms with Crippen molar-refractivity contribution in [2.45, 2.75) is 6.61 Å². The van der Waals surface area contributed by atoms with E-state index in [1.54, 1.807) is 30.5 Å². The Morgan fingerprint density at radius 1 is 1.08 bits per heavy atom. The molecule has 25 heavy (non-hydrogen) atoms. The summed E-state index contributed by atoms with van der Waals surface area (Å²) in [5, 5.41) is 0.450. The first-order valence-corrected chi connectivity index (χ1v) is 7.35. The molecule has 1 aliphatic rings. The molecular formula is C17H14N2O6. The molecule has 0 atom stereocenters. The van der Waals surface area contributed by atoms with Gasteiger partial charge in [0.2, 0.25) is 5.88 Å². The van der Waals surface area contributed by atoms with E-state index < -0.39 is 24.4 Å². The maximum Gasteiger partial charge on any atom is 0.358 e. The number of methoxy groups -OCH3 is 1. The molecule has 0 aliphatic carbocycles. The normalized spacial score (nSPS) is 12.9. The Balaban J connectivity index is 1.51. The monoisotopic (exact) mass is 342 g/mol. The highest BCUT2D eigenvalue weighted by Gasteiger charge is 2.38. The van der Waals surface area contributed by atoms with Crippen molar-refractivity contribution in [3.63, 3.8) is 0 Å². The van der Waals surface area contributed by atoms with Gasteiger partial charge < -0.3 is 14.3 Å². The predicted molar refractivity (Wildman–Crippen MR) is 83.5 cm³/mol. The lowest BCUT2D eigenvalue weighted by Gasteiger charge is -2.12. The largest absolute Gasteiger partial charge is 0.481 e. The lowest BCUT2D eigenvalue weighted by Crippen LogP contribution is -2.34. The summed E-state index contributed by atoms with van der Waals surface area (Å²) in [7, 11) is 1.51. The van der Waals surface area contributed by atoms with E-state index in [1.807, 2.05) is 0 Å². The van der Waals surface area contributed by atoms with Crippen molar-refractivity contribution < 1.29 is 28.7 Å². The Hall–Kier alpha value is -3.26. The summed E-state index contributed by atoms with van der Waals surface area (Å²) in [6.45, 7) is -0.298. The van der Waals surface area contributed by atoms with Crippen LogP contribution in [0.2, 0.25) is 0 Å². The van der Waals surface area contributed by atoms with Crippen LogP contribution in [-0.2, 0) is 21.0 Å². The molecule has 2 amide bonds. The third kappa shape index (κ3) is 3.48. The summed E-state index contributed by atoms with van der Waals surface area (Å²) >= 11 is 0. The van der Waals surface area contributed by atoms with Crippen LogP contribution in [0.3, 0.4) is 0 Å². The first-order valence-electron chi connectivity index (χ1n) is 7.35. The topological polar surface area (TPSA) is 95.0 Å². The van der Waals surface area contributed by atoms with E-state index in [9.17, 15) is 14.4 Å². The molecule has 0 saturated heterocycles. The average molecular weight is 342 g/mol. The Kier molecular flexibility index (Phi) is 4.71. The van der Waals surface area contributed by atoms with Crippen LogP contribution in [-0.4, -0.2) is 41.5 Å². The van der Waals surface area contributed by atoms with E-state index >= 15 is 0 Å². The number of benzene rings is 1. The number of amides is 2. The quantitative estimate of drug-likeness (QED) is 0.732. The van der Waals surface area contributed by atoms with Crippen LogP contribution >= 0.6 is 0 Å². The van der Waals surface area contributed by atoms with Crippen molar-refractivity contribution >= 4 is 17.8 Å². The molecule has 8 nitrogen and oxygen atoms in total. The second-order valence-corrected chi connectivity index (χ2v) is 5.12. The van der Waals surface area contributed by atoms with E-state index in [0.717, 1.165) is 5.56 Å². The number of aromatic nitrogens is 1. The average Bonchev–Trinajstić information content (AvgIpc) is 2.88. The summed E-state index contributed by atoms with van der Waals surface area (Å²) in [4.78, 5) is 44.8. The zero-order valence-corrected chi connectivity index (χ0v) is 13.3. The zero-order chi connectivity index (χ0) is 17.8. The van der Waals surface area contributed by atoms with Gasteiger partial charge in [0, 0.05) is 12.3 Å². The maximum absolute atomic E-state index is 12.1. The van der Waals surface area contributed by atoms with Crippen LogP contribution < -0.4 is 4.74 Å². The van der Waals surface area contributed by atoms with E-state index in [2.05, 4.69) is 4.98 Å². The van der Waals surface area contributed by atoms with Gasteiger partial charge in [0.1, 0.15) is 6.61 Å².